The molecule has 1 unspecified atom stereocenters. The number of methoxy groups -OCH3 is 3. The minimum atomic E-state index is -0.292. The van der Waals surface area contributed by atoms with Crippen molar-refractivity contribution in [3.8, 4) is 23.0 Å². The van der Waals surface area contributed by atoms with Crippen LogP contribution in [-0.4, -0.2) is 33.0 Å². The molecule has 0 bridgehead atoms. The number of aromatic hydroxyl groups is 1. The summed E-state index contributed by atoms with van der Waals surface area (Å²) in [4.78, 5) is 0. The van der Waals surface area contributed by atoms with E-state index in [9.17, 15) is 5.11 Å². The summed E-state index contributed by atoms with van der Waals surface area (Å²) in [5, 5.41) is 9.65. The van der Waals surface area contributed by atoms with E-state index in [2.05, 4.69) is 0 Å². The van der Waals surface area contributed by atoms with Gasteiger partial charge in [-0.3, -0.25) is 0 Å². The average Bonchev–Trinajstić information content (AvgIpc) is 2.57. The van der Waals surface area contributed by atoms with Gasteiger partial charge in [-0.2, -0.15) is 0 Å². The molecule has 5 heteroatoms. The maximum Gasteiger partial charge on any atom is 0.161 e. The van der Waals surface area contributed by atoms with Gasteiger partial charge in [0, 0.05) is 7.11 Å². The lowest BCUT2D eigenvalue weighted by molar-refractivity contribution is 0.0564. The van der Waals surface area contributed by atoms with Crippen molar-refractivity contribution >= 4 is 0 Å². The average molecular weight is 304 g/mol. The lowest BCUT2D eigenvalue weighted by Gasteiger charge is -2.18. The molecule has 22 heavy (non-hydrogen) atoms. The van der Waals surface area contributed by atoms with Gasteiger partial charge in [0.05, 0.1) is 14.2 Å². The Kier molecular flexibility index (Phi) is 5.49. The topological polar surface area (TPSA) is 57.2 Å². The maximum atomic E-state index is 9.65. The number of rotatable bonds is 7. The van der Waals surface area contributed by atoms with Crippen LogP contribution in [0.4, 0.5) is 0 Å². The Balaban J connectivity index is 2.12. The molecule has 118 valence electrons. The highest BCUT2D eigenvalue weighted by atomic mass is 16.5. The predicted octanol–water partition coefficient (Wildman–Crippen LogP) is 3.18. The Morgan fingerprint density at radius 3 is 2.23 bits per heavy atom. The van der Waals surface area contributed by atoms with Crippen molar-refractivity contribution in [2.75, 3.05) is 27.9 Å². The Labute approximate surface area is 130 Å². The Morgan fingerprint density at radius 2 is 1.59 bits per heavy atom. The first-order valence-electron chi connectivity index (χ1n) is 6.85. The molecule has 0 amide bonds. The van der Waals surface area contributed by atoms with Gasteiger partial charge in [0.25, 0.3) is 0 Å². The highest BCUT2D eigenvalue weighted by Crippen LogP contribution is 2.31. The monoisotopic (exact) mass is 304 g/mol. The first-order chi connectivity index (χ1) is 10.7. The van der Waals surface area contributed by atoms with Crippen molar-refractivity contribution in [1.82, 2.24) is 0 Å². The van der Waals surface area contributed by atoms with Crippen LogP contribution >= 0.6 is 0 Å². The third-order valence-electron chi connectivity index (χ3n) is 3.32. The van der Waals surface area contributed by atoms with Crippen LogP contribution < -0.4 is 14.2 Å². The molecule has 0 heterocycles. The van der Waals surface area contributed by atoms with Gasteiger partial charge in [-0.05, 0) is 29.8 Å². The zero-order valence-electron chi connectivity index (χ0n) is 12.9. The van der Waals surface area contributed by atoms with Crippen LogP contribution in [0.2, 0.25) is 0 Å². The molecule has 0 aliphatic rings. The Bertz CT molecular complexity index is 612. The molecule has 2 aromatic rings. The van der Waals surface area contributed by atoms with Gasteiger partial charge < -0.3 is 24.1 Å². The fraction of sp³-hybridized carbons (Fsp3) is 0.294. The standard InChI is InChI=1S/C17H20O5/c1-19-14-6-4-5-7-15(14)22-11-17(21-3)12-8-9-13(18)16(10-12)20-2/h4-10,17-18H,11H2,1-3H3. The van der Waals surface area contributed by atoms with Crippen LogP contribution in [0, 0.1) is 0 Å². The van der Waals surface area contributed by atoms with Crippen molar-refractivity contribution in [2.45, 2.75) is 6.10 Å². The van der Waals surface area contributed by atoms with Gasteiger partial charge in [-0.15, -0.1) is 0 Å². The second kappa shape index (κ2) is 7.56. The number of ether oxygens (including phenoxy) is 4. The summed E-state index contributed by atoms with van der Waals surface area (Å²) in [5.41, 5.74) is 0.854. The second-order valence-electron chi connectivity index (χ2n) is 4.62. The molecule has 1 N–H and O–H groups in total. The van der Waals surface area contributed by atoms with E-state index in [1.54, 1.807) is 32.4 Å². The molecule has 5 nitrogen and oxygen atoms in total. The van der Waals surface area contributed by atoms with Crippen LogP contribution in [-0.2, 0) is 4.74 Å². The molecule has 0 saturated heterocycles. The van der Waals surface area contributed by atoms with Gasteiger partial charge in [-0.25, -0.2) is 0 Å². The maximum absolute atomic E-state index is 9.65. The van der Waals surface area contributed by atoms with Gasteiger partial charge in [0.1, 0.15) is 12.7 Å². The number of phenolic OH excluding ortho intramolecular Hbond substituents is 1. The van der Waals surface area contributed by atoms with Crippen LogP contribution in [0.25, 0.3) is 0 Å². The van der Waals surface area contributed by atoms with Gasteiger partial charge in [-0.1, -0.05) is 18.2 Å². The third kappa shape index (κ3) is 3.62. The summed E-state index contributed by atoms with van der Waals surface area (Å²) < 4.78 is 21.6. The molecule has 0 fully saturated rings. The quantitative estimate of drug-likeness (QED) is 0.851. The molecule has 0 aliphatic carbocycles. The van der Waals surface area contributed by atoms with Crippen molar-refractivity contribution in [3.05, 3.63) is 48.0 Å². The van der Waals surface area contributed by atoms with Crippen LogP contribution in [0.3, 0.4) is 0 Å². The highest BCUT2D eigenvalue weighted by Gasteiger charge is 2.15. The highest BCUT2D eigenvalue weighted by molar-refractivity contribution is 5.43. The summed E-state index contributed by atoms with van der Waals surface area (Å²) in [7, 11) is 4.71. The van der Waals surface area contributed by atoms with E-state index in [1.807, 2.05) is 24.3 Å². The van der Waals surface area contributed by atoms with Crippen LogP contribution in [0.1, 0.15) is 11.7 Å². The fourth-order valence-electron chi connectivity index (χ4n) is 2.10. The van der Waals surface area contributed by atoms with E-state index >= 15 is 0 Å². The molecular weight excluding hydrogens is 284 g/mol. The van der Waals surface area contributed by atoms with Crippen molar-refractivity contribution in [2.24, 2.45) is 0 Å². The number of phenols is 1. The minimum Gasteiger partial charge on any atom is -0.504 e. The normalized spacial score (nSPS) is 11.8. The SMILES string of the molecule is COc1cc(C(COc2ccccc2OC)OC)ccc1O. The summed E-state index contributed by atoms with van der Waals surface area (Å²) >= 11 is 0. The molecule has 0 aromatic heterocycles. The summed E-state index contributed by atoms with van der Waals surface area (Å²) in [6.07, 6.45) is -0.292. The van der Waals surface area contributed by atoms with E-state index in [0.29, 0.717) is 23.9 Å². The third-order valence-corrected chi connectivity index (χ3v) is 3.32. The largest absolute Gasteiger partial charge is 0.504 e. The summed E-state index contributed by atoms with van der Waals surface area (Å²) in [6, 6.07) is 12.5. The lowest BCUT2D eigenvalue weighted by Crippen LogP contribution is -2.12. The van der Waals surface area contributed by atoms with Crippen LogP contribution in [0.5, 0.6) is 23.0 Å². The molecule has 2 rings (SSSR count). The first kappa shape index (κ1) is 16.0. The molecule has 2 aromatic carbocycles. The zero-order chi connectivity index (χ0) is 15.9. The molecule has 1 atom stereocenters. The summed E-state index contributed by atoms with van der Waals surface area (Å²) in [5.74, 6) is 1.81. The van der Waals surface area contributed by atoms with E-state index in [4.69, 9.17) is 18.9 Å². The van der Waals surface area contributed by atoms with Gasteiger partial charge in [0.15, 0.2) is 23.0 Å². The smallest absolute Gasteiger partial charge is 0.161 e. The predicted molar refractivity (Wildman–Crippen MR) is 82.9 cm³/mol. The summed E-state index contributed by atoms with van der Waals surface area (Å²) in [6.45, 7) is 0.310. The lowest BCUT2D eigenvalue weighted by atomic mass is 10.1. The number of benzene rings is 2. The number of hydrogen-bond acceptors (Lipinski definition) is 5. The molecule has 0 saturated carbocycles. The van der Waals surface area contributed by atoms with Crippen LogP contribution in [0.15, 0.2) is 42.5 Å². The number of hydrogen-bond donors (Lipinski definition) is 1. The van der Waals surface area contributed by atoms with Crippen molar-refractivity contribution < 1.29 is 24.1 Å². The second-order valence-corrected chi connectivity index (χ2v) is 4.62. The van der Waals surface area contributed by atoms with Gasteiger partial charge >= 0.3 is 0 Å². The molecule has 0 aliphatic heterocycles. The Hall–Kier alpha value is -2.40. The van der Waals surface area contributed by atoms with Crippen molar-refractivity contribution in [1.29, 1.82) is 0 Å². The zero-order valence-corrected chi connectivity index (χ0v) is 12.9. The van der Waals surface area contributed by atoms with E-state index in [0.717, 1.165) is 5.56 Å². The van der Waals surface area contributed by atoms with Gasteiger partial charge in [0.2, 0.25) is 0 Å². The fourth-order valence-corrected chi connectivity index (χ4v) is 2.10. The molecule has 0 radical (unpaired) electrons. The van der Waals surface area contributed by atoms with Crippen molar-refractivity contribution in [3.63, 3.8) is 0 Å². The van der Waals surface area contributed by atoms with E-state index in [1.165, 1.54) is 7.11 Å². The Morgan fingerprint density at radius 1 is 0.909 bits per heavy atom. The molecular formula is C17H20O5. The first-order valence-corrected chi connectivity index (χ1v) is 6.85. The van der Waals surface area contributed by atoms with E-state index in [-0.39, 0.29) is 11.9 Å². The molecule has 0 spiro atoms. The minimum absolute atomic E-state index is 0.0896. The number of para-hydroxylation sites is 2. The van der Waals surface area contributed by atoms with E-state index < -0.39 is 0 Å².